The van der Waals surface area contributed by atoms with E-state index < -0.39 is 0 Å². The first-order valence-corrected chi connectivity index (χ1v) is 0. The molecular formula is Cu5U. The van der Waals surface area contributed by atoms with Crippen LogP contribution in [-0.2, 0) is 85.3 Å². The quantitative estimate of drug-likeness (QED) is 0.369. The molecule has 5 radical (unpaired) electrons. The average Bonchev–Trinajstić information content (AvgIpc) is 0. The van der Waals surface area contributed by atoms with Crippen LogP contribution in [0.25, 0.3) is 0 Å². The van der Waals surface area contributed by atoms with Crippen molar-refractivity contribution in [3.05, 3.63) is 0 Å². The zero-order valence-corrected chi connectivity index (χ0v) is 10.9. The molecule has 0 bridgehead atoms. The van der Waals surface area contributed by atoms with Gasteiger partial charge in [-0.1, -0.05) is 0 Å². The summed E-state index contributed by atoms with van der Waals surface area (Å²) >= 11 is 0. The molecule has 0 rings (SSSR count). The maximum Gasteiger partial charge on any atom is 0 e. The molecule has 59 valence electrons. The molecule has 0 amide bonds. The Labute approximate surface area is 114 Å². The van der Waals surface area contributed by atoms with E-state index in [9.17, 15) is 0 Å². The van der Waals surface area contributed by atoms with Gasteiger partial charge in [-0.05, 0) is 0 Å². The zero-order valence-electron chi connectivity index (χ0n) is 2.01. The van der Waals surface area contributed by atoms with Gasteiger partial charge in [0, 0.05) is 116 Å². The van der Waals surface area contributed by atoms with E-state index in [1.54, 1.807) is 0 Å². The molecule has 0 saturated carbocycles. The Morgan fingerprint density at radius 2 is 0.333 bits per heavy atom. The van der Waals surface area contributed by atoms with Crippen molar-refractivity contribution in [2.45, 2.75) is 0 Å². The minimum absolute atomic E-state index is 0. The van der Waals surface area contributed by atoms with Crippen LogP contribution in [-0.4, -0.2) is 0 Å². The van der Waals surface area contributed by atoms with E-state index in [4.69, 9.17) is 0 Å². The van der Waals surface area contributed by atoms with E-state index >= 15 is 0 Å². The third kappa shape index (κ3) is 25.4. The fourth-order valence-corrected chi connectivity index (χ4v) is 0. The molecule has 0 N–H and O–H groups in total. The Hall–Kier alpha value is 3.65. The van der Waals surface area contributed by atoms with Crippen LogP contribution in [0.15, 0.2) is 0 Å². The van der Waals surface area contributed by atoms with Crippen LogP contribution in [0.3, 0.4) is 0 Å². The minimum atomic E-state index is 0. The first-order chi connectivity index (χ1) is 0. The minimum Gasteiger partial charge on any atom is 0 e. The molecule has 0 aromatic carbocycles. The Bertz CT molecular complexity index is 3.90. The molecule has 0 spiro atoms. The third-order valence-corrected chi connectivity index (χ3v) is 0. The average molecular weight is 556 g/mol. The summed E-state index contributed by atoms with van der Waals surface area (Å²) in [5.74, 6) is 0. The fraction of sp³-hybridized carbons (Fsp3) is 0. The van der Waals surface area contributed by atoms with Crippen molar-refractivity contribution >= 4 is 0 Å². The van der Waals surface area contributed by atoms with E-state index in [0.29, 0.717) is 0 Å². The Morgan fingerprint density at radius 3 is 0.333 bits per heavy atom. The second kappa shape index (κ2) is 38.0. The van der Waals surface area contributed by atoms with E-state index in [-0.39, 0.29) is 116 Å². The summed E-state index contributed by atoms with van der Waals surface area (Å²) in [4.78, 5) is 0. The van der Waals surface area contributed by atoms with Crippen molar-refractivity contribution in [3.63, 3.8) is 0 Å². The van der Waals surface area contributed by atoms with E-state index in [0.717, 1.165) is 0 Å². The summed E-state index contributed by atoms with van der Waals surface area (Å²) in [6, 6.07) is 0. The van der Waals surface area contributed by atoms with Crippen LogP contribution in [0, 0.1) is 31.1 Å². The monoisotopic (exact) mass is 553 g/mol. The maximum atomic E-state index is 0. The second-order valence-electron chi connectivity index (χ2n) is 0. The standard InChI is InChI=1S/5Cu.U. The fourth-order valence-electron chi connectivity index (χ4n) is 0. The Balaban J connectivity index is 0. The van der Waals surface area contributed by atoms with Gasteiger partial charge in [0.15, 0.2) is 0 Å². The summed E-state index contributed by atoms with van der Waals surface area (Å²) in [7, 11) is 0. The van der Waals surface area contributed by atoms with Gasteiger partial charge >= 0.3 is 0 Å². The van der Waals surface area contributed by atoms with Gasteiger partial charge in [0.2, 0.25) is 0 Å². The molecule has 0 fully saturated rings. The molecular weight excluding hydrogens is 556 g/mol. The topological polar surface area (TPSA) is 0 Å². The number of rotatable bonds is 0. The summed E-state index contributed by atoms with van der Waals surface area (Å²) in [5.41, 5.74) is 0. The van der Waals surface area contributed by atoms with Crippen molar-refractivity contribution in [1.82, 2.24) is 0 Å². The first-order valence-electron chi connectivity index (χ1n) is 0. The third-order valence-electron chi connectivity index (χ3n) is 0. The molecule has 0 aromatic heterocycles. The van der Waals surface area contributed by atoms with Gasteiger partial charge in [0.1, 0.15) is 0 Å². The Morgan fingerprint density at radius 1 is 0.333 bits per heavy atom. The molecule has 0 atom stereocenters. The number of hydrogen-bond donors (Lipinski definition) is 0. The van der Waals surface area contributed by atoms with Gasteiger partial charge in [0.05, 0.1) is 0 Å². The first kappa shape index (κ1) is 54.2. The van der Waals surface area contributed by atoms with Crippen LogP contribution >= 0.6 is 0 Å². The number of hydrogen-bond acceptors (Lipinski definition) is 0. The maximum absolute atomic E-state index is 0. The molecule has 0 nitrogen and oxygen atoms in total. The molecule has 0 saturated heterocycles. The Kier molecular flexibility index (Phi) is 343. The van der Waals surface area contributed by atoms with Gasteiger partial charge in [-0.3, -0.25) is 0 Å². The summed E-state index contributed by atoms with van der Waals surface area (Å²) in [6.45, 7) is 0. The van der Waals surface area contributed by atoms with Gasteiger partial charge in [-0.15, -0.1) is 0 Å². The van der Waals surface area contributed by atoms with Crippen molar-refractivity contribution < 1.29 is 116 Å². The largest absolute Gasteiger partial charge is 0 e. The SMILES string of the molecule is [Cu].[Cu].[Cu].[Cu].[Cu].[U]. The van der Waals surface area contributed by atoms with Crippen LogP contribution in [0.2, 0.25) is 0 Å². The van der Waals surface area contributed by atoms with Crippen molar-refractivity contribution in [2.75, 3.05) is 0 Å². The van der Waals surface area contributed by atoms with E-state index in [1.165, 1.54) is 0 Å². The van der Waals surface area contributed by atoms with Gasteiger partial charge in [-0.25, -0.2) is 0 Å². The molecule has 0 aliphatic heterocycles. The predicted octanol–water partition coefficient (Wildman–Crippen LogP) is -0.0125. The van der Waals surface area contributed by atoms with Crippen molar-refractivity contribution in [3.8, 4) is 0 Å². The summed E-state index contributed by atoms with van der Waals surface area (Å²) < 4.78 is 0. The van der Waals surface area contributed by atoms with Crippen LogP contribution in [0.1, 0.15) is 0 Å². The van der Waals surface area contributed by atoms with Crippen LogP contribution in [0.4, 0.5) is 0 Å². The van der Waals surface area contributed by atoms with Crippen LogP contribution < -0.4 is 0 Å². The summed E-state index contributed by atoms with van der Waals surface area (Å²) in [6.07, 6.45) is 0. The van der Waals surface area contributed by atoms with Crippen LogP contribution in [0.5, 0.6) is 0 Å². The summed E-state index contributed by atoms with van der Waals surface area (Å²) in [5, 5.41) is 0. The van der Waals surface area contributed by atoms with Gasteiger partial charge in [-0.2, -0.15) is 0 Å². The molecule has 0 aromatic rings. The molecule has 6 heteroatoms. The molecule has 0 aliphatic rings. The smallest absolute Gasteiger partial charge is 0 e. The molecule has 0 heterocycles. The van der Waals surface area contributed by atoms with Crippen molar-refractivity contribution in [1.29, 1.82) is 0 Å². The van der Waals surface area contributed by atoms with E-state index in [1.807, 2.05) is 0 Å². The second-order valence-corrected chi connectivity index (χ2v) is 0. The molecule has 6 heavy (non-hydrogen) atoms. The van der Waals surface area contributed by atoms with E-state index in [2.05, 4.69) is 0 Å². The van der Waals surface area contributed by atoms with Crippen molar-refractivity contribution in [2.24, 2.45) is 0 Å². The normalized spacial score (nSPS) is 0. The molecule has 0 unspecified atom stereocenters. The molecule has 0 aliphatic carbocycles. The van der Waals surface area contributed by atoms with Gasteiger partial charge in [0.25, 0.3) is 0 Å². The zero-order chi connectivity index (χ0) is 0. The van der Waals surface area contributed by atoms with Gasteiger partial charge < -0.3 is 0 Å². The predicted molar refractivity (Wildman–Crippen MR) is 0 cm³/mol.